The fourth-order valence-corrected chi connectivity index (χ4v) is 3.06. The highest BCUT2D eigenvalue weighted by atomic mass is 79.9. The monoisotopic (exact) mass is 341 g/mol. The van der Waals surface area contributed by atoms with E-state index in [-0.39, 0.29) is 11.9 Å². The third-order valence-electron chi connectivity index (χ3n) is 3.17. The molecule has 1 atom stereocenters. The molecule has 19 heavy (non-hydrogen) atoms. The minimum absolute atomic E-state index is 0.0229. The smallest absolute Gasteiger partial charge is 0.217 e. The van der Waals surface area contributed by atoms with Crippen LogP contribution >= 0.6 is 28.1 Å². The zero-order chi connectivity index (χ0) is 14.0. The van der Waals surface area contributed by atoms with Crippen molar-refractivity contribution in [3.8, 4) is 0 Å². The molecule has 1 amide bonds. The molecule has 2 rings (SSSR count). The van der Waals surface area contributed by atoms with E-state index in [0.717, 1.165) is 35.2 Å². The van der Waals surface area contributed by atoms with Crippen LogP contribution in [0, 0.1) is 0 Å². The SMILES string of the molecule is CC(=O)NC1CCN(c2ccc(C(N)=S)cc2Br)C1. The summed E-state index contributed by atoms with van der Waals surface area (Å²) in [5.41, 5.74) is 7.57. The normalized spacial score (nSPS) is 18.4. The van der Waals surface area contributed by atoms with Gasteiger partial charge in [0.2, 0.25) is 5.91 Å². The molecule has 1 heterocycles. The van der Waals surface area contributed by atoms with Crippen LogP contribution in [0.2, 0.25) is 0 Å². The van der Waals surface area contributed by atoms with Crippen LogP contribution in [0.15, 0.2) is 22.7 Å². The summed E-state index contributed by atoms with van der Waals surface area (Å²) in [6.07, 6.45) is 0.961. The largest absolute Gasteiger partial charge is 0.389 e. The van der Waals surface area contributed by atoms with Crippen LogP contribution in [0.25, 0.3) is 0 Å². The first-order chi connectivity index (χ1) is 8.97. The van der Waals surface area contributed by atoms with Gasteiger partial charge in [-0.3, -0.25) is 4.79 Å². The number of benzene rings is 1. The lowest BCUT2D eigenvalue weighted by atomic mass is 10.2. The van der Waals surface area contributed by atoms with Crippen molar-refractivity contribution < 1.29 is 4.79 Å². The average Bonchev–Trinajstić information content (AvgIpc) is 2.76. The van der Waals surface area contributed by atoms with Crippen molar-refractivity contribution in [1.82, 2.24) is 5.32 Å². The number of anilines is 1. The number of nitrogens with zero attached hydrogens (tertiary/aromatic N) is 1. The van der Waals surface area contributed by atoms with Crippen LogP contribution in [0.5, 0.6) is 0 Å². The van der Waals surface area contributed by atoms with Crippen molar-refractivity contribution in [1.29, 1.82) is 0 Å². The van der Waals surface area contributed by atoms with Crippen LogP contribution in [0.1, 0.15) is 18.9 Å². The molecule has 1 aliphatic heterocycles. The summed E-state index contributed by atoms with van der Waals surface area (Å²) >= 11 is 8.51. The molecule has 1 aliphatic rings. The second-order valence-corrected chi connectivity index (χ2v) is 5.96. The van der Waals surface area contributed by atoms with Crippen molar-refractivity contribution in [2.75, 3.05) is 18.0 Å². The molecule has 102 valence electrons. The van der Waals surface area contributed by atoms with E-state index in [1.807, 2.05) is 18.2 Å². The van der Waals surface area contributed by atoms with Gasteiger partial charge < -0.3 is 16.0 Å². The standard InChI is InChI=1S/C13H16BrN3OS/c1-8(18)16-10-4-5-17(7-10)12-3-2-9(13(15)19)6-11(12)14/h2-3,6,10H,4-5,7H2,1H3,(H2,15,19)(H,16,18). The van der Waals surface area contributed by atoms with Crippen molar-refractivity contribution in [2.24, 2.45) is 5.73 Å². The molecule has 1 aromatic carbocycles. The summed E-state index contributed by atoms with van der Waals surface area (Å²) in [5, 5.41) is 2.95. The highest BCUT2D eigenvalue weighted by molar-refractivity contribution is 9.10. The van der Waals surface area contributed by atoms with Gasteiger partial charge in [0, 0.05) is 36.1 Å². The Bertz CT molecular complexity index is 521. The Hall–Kier alpha value is -1.14. The van der Waals surface area contributed by atoms with E-state index in [9.17, 15) is 4.79 Å². The second kappa shape index (κ2) is 5.88. The lowest BCUT2D eigenvalue weighted by Gasteiger charge is -2.21. The van der Waals surface area contributed by atoms with E-state index in [2.05, 4.69) is 26.1 Å². The number of hydrogen-bond acceptors (Lipinski definition) is 3. The Morgan fingerprint density at radius 3 is 2.89 bits per heavy atom. The molecule has 1 aromatic rings. The van der Waals surface area contributed by atoms with Crippen molar-refractivity contribution in [2.45, 2.75) is 19.4 Å². The topological polar surface area (TPSA) is 58.4 Å². The van der Waals surface area contributed by atoms with Crippen molar-refractivity contribution in [3.63, 3.8) is 0 Å². The number of halogens is 1. The van der Waals surface area contributed by atoms with Gasteiger partial charge in [-0.15, -0.1) is 0 Å². The lowest BCUT2D eigenvalue weighted by molar-refractivity contribution is -0.119. The predicted octanol–water partition coefficient (Wildman–Crippen LogP) is 1.80. The van der Waals surface area contributed by atoms with Crippen LogP contribution in [0.3, 0.4) is 0 Å². The third-order valence-corrected chi connectivity index (χ3v) is 4.04. The van der Waals surface area contributed by atoms with Gasteiger partial charge in [0.05, 0.1) is 5.69 Å². The molecular weight excluding hydrogens is 326 g/mol. The molecule has 1 unspecified atom stereocenters. The van der Waals surface area contributed by atoms with Crippen LogP contribution in [0.4, 0.5) is 5.69 Å². The highest BCUT2D eigenvalue weighted by Gasteiger charge is 2.24. The number of thiocarbonyl (C=S) groups is 1. The highest BCUT2D eigenvalue weighted by Crippen LogP contribution is 2.30. The number of nitrogens with one attached hydrogen (secondary N) is 1. The van der Waals surface area contributed by atoms with E-state index in [1.165, 1.54) is 0 Å². The Balaban J connectivity index is 2.11. The molecule has 3 N–H and O–H groups in total. The molecule has 1 saturated heterocycles. The number of carbonyl (C=O) groups is 1. The number of hydrogen-bond donors (Lipinski definition) is 2. The molecule has 0 spiro atoms. The van der Waals surface area contributed by atoms with Crippen molar-refractivity contribution >= 4 is 44.7 Å². The fraction of sp³-hybridized carbons (Fsp3) is 0.385. The van der Waals surface area contributed by atoms with Gasteiger partial charge >= 0.3 is 0 Å². The summed E-state index contributed by atoms with van der Waals surface area (Å²) in [7, 11) is 0. The molecule has 0 saturated carbocycles. The van der Waals surface area contributed by atoms with Gasteiger partial charge in [0.1, 0.15) is 4.99 Å². The molecule has 0 bridgehead atoms. The molecule has 0 aromatic heterocycles. The van der Waals surface area contributed by atoms with Crippen LogP contribution < -0.4 is 16.0 Å². The summed E-state index contributed by atoms with van der Waals surface area (Å²) in [4.78, 5) is 13.7. The lowest BCUT2D eigenvalue weighted by Crippen LogP contribution is -2.35. The van der Waals surface area contributed by atoms with E-state index >= 15 is 0 Å². The van der Waals surface area contributed by atoms with Crippen LogP contribution in [-0.2, 0) is 4.79 Å². The van der Waals surface area contributed by atoms with Gasteiger partial charge in [0.15, 0.2) is 0 Å². The van der Waals surface area contributed by atoms with E-state index in [1.54, 1.807) is 6.92 Å². The maximum absolute atomic E-state index is 11.1. The van der Waals surface area contributed by atoms with E-state index in [4.69, 9.17) is 18.0 Å². The minimum atomic E-state index is 0.0229. The Morgan fingerprint density at radius 2 is 2.32 bits per heavy atom. The molecule has 6 heteroatoms. The fourth-order valence-electron chi connectivity index (χ4n) is 2.30. The number of rotatable bonds is 3. The Kier molecular flexibility index (Phi) is 4.42. The first-order valence-electron chi connectivity index (χ1n) is 6.09. The number of nitrogens with two attached hydrogens (primary N) is 1. The van der Waals surface area contributed by atoms with Crippen molar-refractivity contribution in [3.05, 3.63) is 28.2 Å². The predicted molar refractivity (Wildman–Crippen MR) is 84.5 cm³/mol. The quantitative estimate of drug-likeness (QED) is 0.823. The van der Waals surface area contributed by atoms with Gasteiger partial charge in [-0.2, -0.15) is 0 Å². The summed E-state index contributed by atoms with van der Waals surface area (Å²) in [5.74, 6) is 0.0229. The first kappa shape index (κ1) is 14.3. The molecule has 1 fully saturated rings. The molecular formula is C13H16BrN3OS. The van der Waals surface area contributed by atoms with E-state index in [0.29, 0.717) is 4.99 Å². The maximum atomic E-state index is 11.1. The average molecular weight is 342 g/mol. The molecule has 4 nitrogen and oxygen atoms in total. The number of carbonyl (C=O) groups excluding carboxylic acids is 1. The summed E-state index contributed by atoms with van der Waals surface area (Å²) < 4.78 is 0.973. The van der Waals surface area contributed by atoms with Gasteiger partial charge in [-0.1, -0.05) is 12.2 Å². The Labute approximate surface area is 126 Å². The molecule has 0 aliphatic carbocycles. The minimum Gasteiger partial charge on any atom is -0.389 e. The maximum Gasteiger partial charge on any atom is 0.217 e. The third kappa shape index (κ3) is 3.45. The van der Waals surface area contributed by atoms with Crippen LogP contribution in [-0.4, -0.2) is 30.0 Å². The zero-order valence-electron chi connectivity index (χ0n) is 10.6. The summed E-state index contributed by atoms with van der Waals surface area (Å²) in [6.45, 7) is 3.30. The van der Waals surface area contributed by atoms with Gasteiger partial charge in [-0.05, 0) is 40.5 Å². The van der Waals surface area contributed by atoms with Gasteiger partial charge in [0.25, 0.3) is 0 Å². The summed E-state index contributed by atoms with van der Waals surface area (Å²) in [6, 6.07) is 6.09. The first-order valence-corrected chi connectivity index (χ1v) is 7.29. The Morgan fingerprint density at radius 1 is 1.58 bits per heavy atom. The zero-order valence-corrected chi connectivity index (χ0v) is 13.1. The molecule has 0 radical (unpaired) electrons. The number of amides is 1. The second-order valence-electron chi connectivity index (χ2n) is 4.66. The van der Waals surface area contributed by atoms with E-state index < -0.39 is 0 Å². The van der Waals surface area contributed by atoms with Gasteiger partial charge in [-0.25, -0.2) is 0 Å².